The normalized spacial score (nSPS) is 15.4. The minimum absolute atomic E-state index is 0.0339. The molecule has 1 aliphatic heterocycles. The van der Waals surface area contributed by atoms with E-state index in [9.17, 15) is 9.59 Å². The summed E-state index contributed by atoms with van der Waals surface area (Å²) in [5.41, 5.74) is 2.49. The fourth-order valence-corrected chi connectivity index (χ4v) is 4.72. The van der Waals surface area contributed by atoms with Crippen molar-refractivity contribution in [2.24, 2.45) is 0 Å². The van der Waals surface area contributed by atoms with Crippen molar-refractivity contribution in [3.05, 3.63) is 77.7 Å². The summed E-state index contributed by atoms with van der Waals surface area (Å²) in [5.74, 6) is 0.747. The Balaban J connectivity index is 1.40. The number of pyridine rings is 1. The van der Waals surface area contributed by atoms with Gasteiger partial charge in [-0.1, -0.05) is 57.2 Å². The van der Waals surface area contributed by atoms with Gasteiger partial charge in [0.2, 0.25) is 5.91 Å². The Morgan fingerprint density at radius 2 is 1.76 bits per heavy atom. The summed E-state index contributed by atoms with van der Waals surface area (Å²) in [6.07, 6.45) is 5.61. The zero-order valence-electron chi connectivity index (χ0n) is 20.1. The number of rotatable bonds is 7. The molecule has 34 heavy (non-hydrogen) atoms. The van der Waals surface area contributed by atoms with E-state index in [1.807, 2.05) is 67.3 Å². The summed E-state index contributed by atoms with van der Waals surface area (Å²) in [6.45, 7) is 7.46. The van der Waals surface area contributed by atoms with Gasteiger partial charge in [-0.25, -0.2) is 9.67 Å². The highest BCUT2D eigenvalue weighted by Gasteiger charge is 2.30. The molecule has 1 aromatic carbocycles. The summed E-state index contributed by atoms with van der Waals surface area (Å²) in [7, 11) is 0. The number of carbonyl (C=O) groups excluding carboxylic acids is 2. The minimum Gasteiger partial charge on any atom is -0.349 e. The summed E-state index contributed by atoms with van der Waals surface area (Å²) < 4.78 is 1.75. The molecule has 1 unspecified atom stereocenters. The van der Waals surface area contributed by atoms with Crippen LogP contribution in [0.3, 0.4) is 0 Å². The second-order valence-electron chi connectivity index (χ2n) is 9.14. The van der Waals surface area contributed by atoms with Crippen molar-refractivity contribution < 1.29 is 9.59 Å². The zero-order chi connectivity index (χ0) is 24.1. The van der Waals surface area contributed by atoms with Crippen LogP contribution in [-0.2, 0) is 4.79 Å². The minimum atomic E-state index is -0.119. The Morgan fingerprint density at radius 1 is 1.06 bits per heavy atom. The Kier molecular flexibility index (Phi) is 7.40. The Hall–Kier alpha value is -3.48. The van der Waals surface area contributed by atoms with Gasteiger partial charge in [0.05, 0.1) is 23.4 Å². The van der Waals surface area contributed by atoms with Crippen LogP contribution in [0, 0.1) is 0 Å². The number of amides is 2. The van der Waals surface area contributed by atoms with E-state index in [0.717, 1.165) is 30.5 Å². The topological polar surface area (TPSA) is 80.1 Å². The second-order valence-corrected chi connectivity index (χ2v) is 9.14. The third-order valence-corrected chi connectivity index (χ3v) is 6.51. The molecule has 7 heteroatoms. The SMILES string of the molecule is CCC(C(=O)N1CCC(NC(=O)c2cnn(-c3ccccn3)c2C(C)C)CC1)c1ccccc1. The highest BCUT2D eigenvalue weighted by molar-refractivity contribution is 5.95. The van der Waals surface area contributed by atoms with E-state index in [0.29, 0.717) is 24.5 Å². The van der Waals surface area contributed by atoms with Crippen molar-refractivity contribution in [3.8, 4) is 5.82 Å². The first kappa shape index (κ1) is 23.7. The summed E-state index contributed by atoms with van der Waals surface area (Å²) in [6, 6.07) is 15.7. The zero-order valence-corrected chi connectivity index (χ0v) is 20.1. The quantitative estimate of drug-likeness (QED) is 0.571. The van der Waals surface area contributed by atoms with Crippen LogP contribution in [0.1, 0.15) is 73.5 Å². The molecule has 0 saturated carbocycles. The van der Waals surface area contributed by atoms with Gasteiger partial charge in [-0.05, 0) is 42.9 Å². The number of carbonyl (C=O) groups is 2. The van der Waals surface area contributed by atoms with E-state index < -0.39 is 0 Å². The van der Waals surface area contributed by atoms with Gasteiger partial charge in [-0.3, -0.25) is 9.59 Å². The molecule has 7 nitrogen and oxygen atoms in total. The van der Waals surface area contributed by atoms with Crippen molar-refractivity contribution in [2.75, 3.05) is 13.1 Å². The van der Waals surface area contributed by atoms with Crippen LogP contribution in [0.2, 0.25) is 0 Å². The van der Waals surface area contributed by atoms with E-state index in [-0.39, 0.29) is 29.7 Å². The summed E-state index contributed by atoms with van der Waals surface area (Å²) in [5, 5.41) is 7.63. The van der Waals surface area contributed by atoms with Gasteiger partial charge in [0.25, 0.3) is 5.91 Å². The second kappa shape index (κ2) is 10.6. The van der Waals surface area contributed by atoms with E-state index >= 15 is 0 Å². The van der Waals surface area contributed by atoms with E-state index in [1.165, 1.54) is 0 Å². The fourth-order valence-electron chi connectivity index (χ4n) is 4.72. The molecule has 3 heterocycles. The molecule has 1 atom stereocenters. The van der Waals surface area contributed by atoms with E-state index in [1.54, 1.807) is 17.1 Å². The lowest BCUT2D eigenvalue weighted by atomic mass is 9.93. The lowest BCUT2D eigenvalue weighted by Crippen LogP contribution is -2.47. The maximum absolute atomic E-state index is 13.2. The van der Waals surface area contributed by atoms with Crippen LogP contribution in [0.4, 0.5) is 0 Å². The van der Waals surface area contributed by atoms with E-state index in [2.05, 4.69) is 22.3 Å². The predicted molar refractivity (Wildman–Crippen MR) is 132 cm³/mol. The van der Waals surface area contributed by atoms with Gasteiger partial charge in [0.1, 0.15) is 0 Å². The van der Waals surface area contributed by atoms with Crippen LogP contribution >= 0.6 is 0 Å². The number of aromatic nitrogens is 3. The Bertz CT molecular complexity index is 1100. The first-order valence-electron chi connectivity index (χ1n) is 12.1. The molecule has 1 fully saturated rings. The van der Waals surface area contributed by atoms with Crippen LogP contribution in [0.15, 0.2) is 60.9 Å². The first-order valence-corrected chi connectivity index (χ1v) is 12.1. The maximum Gasteiger partial charge on any atom is 0.255 e. The van der Waals surface area contributed by atoms with Gasteiger partial charge in [-0.15, -0.1) is 0 Å². The predicted octanol–water partition coefficient (Wildman–Crippen LogP) is 4.31. The third kappa shape index (κ3) is 5.03. The number of hydrogen-bond donors (Lipinski definition) is 1. The van der Waals surface area contributed by atoms with Crippen LogP contribution in [-0.4, -0.2) is 50.6 Å². The van der Waals surface area contributed by atoms with Crippen LogP contribution in [0.25, 0.3) is 5.82 Å². The highest BCUT2D eigenvalue weighted by atomic mass is 16.2. The van der Waals surface area contributed by atoms with Crippen molar-refractivity contribution in [2.45, 2.75) is 57.9 Å². The lowest BCUT2D eigenvalue weighted by molar-refractivity contribution is -0.134. The van der Waals surface area contributed by atoms with E-state index in [4.69, 9.17) is 0 Å². The number of likely N-dealkylation sites (tertiary alicyclic amines) is 1. The van der Waals surface area contributed by atoms with Gasteiger partial charge in [0, 0.05) is 25.3 Å². The van der Waals surface area contributed by atoms with Gasteiger partial charge < -0.3 is 10.2 Å². The van der Waals surface area contributed by atoms with Gasteiger partial charge in [0.15, 0.2) is 5.82 Å². The number of nitrogens with one attached hydrogen (secondary N) is 1. The smallest absolute Gasteiger partial charge is 0.255 e. The average molecular weight is 460 g/mol. The van der Waals surface area contributed by atoms with Crippen LogP contribution in [0.5, 0.6) is 0 Å². The van der Waals surface area contributed by atoms with Crippen molar-refractivity contribution in [3.63, 3.8) is 0 Å². The Morgan fingerprint density at radius 3 is 2.38 bits per heavy atom. The van der Waals surface area contributed by atoms with Gasteiger partial charge >= 0.3 is 0 Å². The van der Waals surface area contributed by atoms with Crippen molar-refractivity contribution in [1.29, 1.82) is 0 Å². The average Bonchev–Trinajstić information content (AvgIpc) is 3.32. The maximum atomic E-state index is 13.2. The number of hydrogen-bond acceptors (Lipinski definition) is 4. The molecule has 3 aromatic rings. The van der Waals surface area contributed by atoms with Crippen LogP contribution < -0.4 is 5.32 Å². The standard InChI is InChI=1S/C27H33N5O2/c1-4-22(20-10-6-5-7-11-20)27(34)31-16-13-21(14-17-31)30-26(33)23-18-29-32(25(23)19(2)3)24-12-8-9-15-28-24/h5-12,15,18-19,21-22H,4,13-14,16-17H2,1-3H3,(H,30,33). The molecule has 0 aliphatic carbocycles. The summed E-state index contributed by atoms with van der Waals surface area (Å²) >= 11 is 0. The number of piperidine rings is 1. The van der Waals surface area contributed by atoms with Crippen molar-refractivity contribution >= 4 is 11.8 Å². The number of benzene rings is 1. The molecule has 1 saturated heterocycles. The molecule has 178 valence electrons. The molecule has 4 rings (SSSR count). The van der Waals surface area contributed by atoms with Crippen molar-refractivity contribution in [1.82, 2.24) is 25.0 Å². The third-order valence-electron chi connectivity index (χ3n) is 6.51. The molecule has 1 N–H and O–H groups in total. The molecule has 2 amide bonds. The number of nitrogens with zero attached hydrogens (tertiary/aromatic N) is 4. The summed E-state index contributed by atoms with van der Waals surface area (Å²) in [4.78, 5) is 32.7. The molecule has 0 spiro atoms. The molecular weight excluding hydrogens is 426 g/mol. The lowest BCUT2D eigenvalue weighted by Gasteiger charge is -2.34. The molecule has 1 aliphatic rings. The molecule has 0 bridgehead atoms. The monoisotopic (exact) mass is 459 g/mol. The largest absolute Gasteiger partial charge is 0.349 e. The molecule has 2 aromatic heterocycles. The Labute approximate surface area is 201 Å². The first-order chi connectivity index (χ1) is 16.5. The fraction of sp³-hybridized carbons (Fsp3) is 0.407. The highest BCUT2D eigenvalue weighted by Crippen LogP contribution is 2.25. The molecule has 0 radical (unpaired) electrons. The molecular formula is C27H33N5O2. The van der Waals surface area contributed by atoms with Gasteiger partial charge in [-0.2, -0.15) is 5.10 Å².